The van der Waals surface area contributed by atoms with Gasteiger partial charge in [0.05, 0.1) is 0 Å². The van der Waals surface area contributed by atoms with Crippen LogP contribution < -0.4 is 10.6 Å². The number of carbonyl (C=O) groups is 2. The first-order chi connectivity index (χ1) is 5.15. The first-order valence-electron chi connectivity index (χ1n) is 3.20. The summed E-state index contributed by atoms with van der Waals surface area (Å²) in [6.07, 6.45) is 0.624. The molecule has 1 fully saturated rings. The Morgan fingerprint density at radius 3 is 2.64 bits per heavy atom. The number of alkyl halides is 1. The van der Waals surface area contributed by atoms with Gasteiger partial charge in [-0.2, -0.15) is 0 Å². The largest absolute Gasteiger partial charge is 0.325 e. The molecule has 11 heavy (non-hydrogen) atoms. The van der Waals surface area contributed by atoms with E-state index >= 15 is 0 Å². The minimum absolute atomic E-state index is 0.0686. The molecule has 1 rings (SSSR count). The predicted octanol–water partition coefficient (Wildman–Crippen LogP) is 0.222. The lowest BCUT2D eigenvalue weighted by Gasteiger charge is -2.11. The molecule has 1 aliphatic rings. The molecule has 0 aromatic carbocycles. The van der Waals surface area contributed by atoms with Gasteiger partial charge in [-0.25, -0.2) is 4.79 Å². The molecule has 1 saturated heterocycles. The second-order valence-corrected chi connectivity index (χ2v) is 3.85. The summed E-state index contributed by atoms with van der Waals surface area (Å²) in [5.41, 5.74) is 0. The molecular formula is C6H8IN2O2. The maximum atomic E-state index is 11.0. The van der Waals surface area contributed by atoms with Gasteiger partial charge >= 0.3 is 6.03 Å². The van der Waals surface area contributed by atoms with E-state index in [-0.39, 0.29) is 9.83 Å². The van der Waals surface area contributed by atoms with E-state index < -0.39 is 12.1 Å². The average Bonchev–Trinajstić information content (AvgIpc) is 2.28. The third-order valence-electron chi connectivity index (χ3n) is 1.44. The lowest BCUT2D eigenvalue weighted by molar-refractivity contribution is -0.120. The Bertz CT molecular complexity index is 195. The van der Waals surface area contributed by atoms with Crippen LogP contribution in [0.5, 0.6) is 0 Å². The molecule has 4 nitrogen and oxygen atoms in total. The Balaban J connectivity index is 2.59. The molecule has 1 heterocycles. The van der Waals surface area contributed by atoms with E-state index in [1.165, 1.54) is 0 Å². The first kappa shape index (κ1) is 8.76. The van der Waals surface area contributed by atoms with Crippen LogP contribution in [-0.4, -0.2) is 21.9 Å². The summed E-state index contributed by atoms with van der Waals surface area (Å²) in [4.78, 5) is 21.6. The Morgan fingerprint density at radius 1 is 1.64 bits per heavy atom. The molecule has 0 aromatic heterocycles. The van der Waals surface area contributed by atoms with Crippen molar-refractivity contribution >= 4 is 34.5 Å². The van der Waals surface area contributed by atoms with Gasteiger partial charge in [-0.15, -0.1) is 0 Å². The first-order valence-corrected chi connectivity index (χ1v) is 4.44. The van der Waals surface area contributed by atoms with Crippen LogP contribution in [0.4, 0.5) is 4.79 Å². The number of imide groups is 1. The number of halogens is 1. The van der Waals surface area contributed by atoms with Crippen LogP contribution in [0.1, 0.15) is 6.42 Å². The molecule has 1 aliphatic heterocycles. The molecule has 1 radical (unpaired) electrons. The second kappa shape index (κ2) is 3.38. The molecule has 0 aromatic rings. The third kappa shape index (κ3) is 1.82. The molecule has 5 heteroatoms. The van der Waals surface area contributed by atoms with E-state index in [0.29, 0.717) is 6.42 Å². The smallest absolute Gasteiger partial charge is 0.322 e. The second-order valence-electron chi connectivity index (χ2n) is 2.25. The molecule has 61 valence electrons. The quantitative estimate of drug-likeness (QED) is 0.427. The minimum atomic E-state index is -0.407. The SMILES string of the molecule is [CH2]CC(I)C1NC(=O)NC1=O. The summed E-state index contributed by atoms with van der Waals surface area (Å²) in [5.74, 6) is -0.252. The number of nitrogens with one attached hydrogen (secondary N) is 2. The Hall–Kier alpha value is -0.330. The maximum absolute atomic E-state index is 11.0. The minimum Gasteiger partial charge on any atom is -0.325 e. The molecule has 2 atom stereocenters. The zero-order valence-corrected chi connectivity index (χ0v) is 7.92. The number of hydrogen-bond donors (Lipinski definition) is 2. The summed E-state index contributed by atoms with van der Waals surface area (Å²) in [5, 5.41) is 4.67. The average molecular weight is 267 g/mol. The maximum Gasteiger partial charge on any atom is 0.322 e. The van der Waals surface area contributed by atoms with E-state index in [1.807, 2.05) is 0 Å². The summed E-state index contributed by atoms with van der Waals surface area (Å²) < 4.78 is 0.0686. The molecule has 3 amide bonds. The van der Waals surface area contributed by atoms with Gasteiger partial charge < -0.3 is 5.32 Å². The third-order valence-corrected chi connectivity index (χ3v) is 2.79. The van der Waals surface area contributed by atoms with Crippen molar-refractivity contribution in [2.75, 3.05) is 0 Å². The van der Waals surface area contributed by atoms with Crippen molar-refractivity contribution in [3.8, 4) is 0 Å². The van der Waals surface area contributed by atoms with Crippen LogP contribution in [0.2, 0.25) is 0 Å². The highest BCUT2D eigenvalue weighted by atomic mass is 127. The summed E-state index contributed by atoms with van der Waals surface area (Å²) in [7, 11) is 0. The normalized spacial score (nSPS) is 26.2. The monoisotopic (exact) mass is 267 g/mol. The van der Waals surface area contributed by atoms with Gasteiger partial charge in [-0.3, -0.25) is 10.1 Å². The fourth-order valence-electron chi connectivity index (χ4n) is 0.854. The topological polar surface area (TPSA) is 58.2 Å². The summed E-state index contributed by atoms with van der Waals surface area (Å²) >= 11 is 2.09. The van der Waals surface area contributed by atoms with Crippen molar-refractivity contribution in [3.63, 3.8) is 0 Å². The highest BCUT2D eigenvalue weighted by molar-refractivity contribution is 14.1. The van der Waals surface area contributed by atoms with E-state index in [2.05, 4.69) is 40.1 Å². The molecule has 0 spiro atoms. The van der Waals surface area contributed by atoms with Crippen LogP contribution in [0.25, 0.3) is 0 Å². The van der Waals surface area contributed by atoms with E-state index in [4.69, 9.17) is 0 Å². The van der Waals surface area contributed by atoms with Gasteiger partial charge in [0.15, 0.2) is 0 Å². The highest BCUT2D eigenvalue weighted by Crippen LogP contribution is 2.12. The van der Waals surface area contributed by atoms with Gasteiger partial charge in [0, 0.05) is 3.92 Å². The lowest BCUT2D eigenvalue weighted by Crippen LogP contribution is -2.37. The van der Waals surface area contributed by atoms with Gasteiger partial charge in [-0.1, -0.05) is 29.5 Å². The molecule has 2 N–H and O–H groups in total. The Kier molecular flexibility index (Phi) is 2.69. The lowest BCUT2D eigenvalue weighted by atomic mass is 10.2. The van der Waals surface area contributed by atoms with Crippen LogP contribution in [-0.2, 0) is 4.79 Å². The van der Waals surface area contributed by atoms with Crippen LogP contribution in [0.15, 0.2) is 0 Å². The fourth-order valence-corrected chi connectivity index (χ4v) is 1.36. The molecule has 0 bridgehead atoms. The number of amides is 3. The number of hydrogen-bond acceptors (Lipinski definition) is 2. The van der Waals surface area contributed by atoms with E-state index in [0.717, 1.165) is 0 Å². The Labute approximate surface area is 78.2 Å². The number of rotatable bonds is 2. The van der Waals surface area contributed by atoms with Gasteiger partial charge in [0.25, 0.3) is 5.91 Å². The van der Waals surface area contributed by atoms with Crippen molar-refractivity contribution in [2.24, 2.45) is 0 Å². The van der Waals surface area contributed by atoms with Crippen molar-refractivity contribution < 1.29 is 9.59 Å². The van der Waals surface area contributed by atoms with E-state index in [1.54, 1.807) is 0 Å². The van der Waals surface area contributed by atoms with Crippen molar-refractivity contribution in [2.45, 2.75) is 16.4 Å². The Morgan fingerprint density at radius 2 is 2.27 bits per heavy atom. The van der Waals surface area contributed by atoms with E-state index in [9.17, 15) is 9.59 Å². The zero-order chi connectivity index (χ0) is 8.43. The molecule has 0 aliphatic carbocycles. The standard InChI is InChI=1S/C6H8IN2O2/c1-2-3(7)4-5(10)9-6(11)8-4/h3-4H,1-2H2,(H2,8,9,10,11). The molecule has 2 unspecified atom stereocenters. The van der Waals surface area contributed by atoms with Crippen molar-refractivity contribution in [3.05, 3.63) is 6.92 Å². The molecular weight excluding hydrogens is 259 g/mol. The van der Waals surface area contributed by atoms with Crippen molar-refractivity contribution in [1.29, 1.82) is 0 Å². The predicted molar refractivity (Wildman–Crippen MR) is 48.2 cm³/mol. The van der Waals surface area contributed by atoms with Gasteiger partial charge in [0.2, 0.25) is 0 Å². The summed E-state index contributed by atoms with van der Waals surface area (Å²) in [6.45, 7) is 3.65. The number of carbonyl (C=O) groups excluding carboxylic acids is 2. The zero-order valence-electron chi connectivity index (χ0n) is 5.76. The van der Waals surface area contributed by atoms with Crippen LogP contribution in [0.3, 0.4) is 0 Å². The van der Waals surface area contributed by atoms with Gasteiger partial charge in [0.1, 0.15) is 6.04 Å². The summed E-state index contributed by atoms with van der Waals surface area (Å²) in [6, 6.07) is -0.810. The van der Waals surface area contributed by atoms with Gasteiger partial charge in [-0.05, 0) is 6.42 Å². The van der Waals surface area contributed by atoms with Crippen LogP contribution in [0, 0.1) is 6.92 Å². The van der Waals surface area contributed by atoms with Crippen molar-refractivity contribution in [1.82, 2.24) is 10.6 Å². The fraction of sp³-hybridized carbons (Fsp3) is 0.500. The molecule has 0 saturated carbocycles. The number of urea groups is 1. The highest BCUT2D eigenvalue weighted by Gasteiger charge is 2.33. The van der Waals surface area contributed by atoms with Crippen LogP contribution >= 0.6 is 22.6 Å².